The highest BCUT2D eigenvalue weighted by Gasteiger charge is 2.42. The van der Waals surface area contributed by atoms with Gasteiger partial charge in [0.05, 0.1) is 5.92 Å². The minimum atomic E-state index is -4.21. The number of anilines is 1. The molecule has 2 rings (SSSR count). The molecule has 4 nitrogen and oxygen atoms in total. The third-order valence-electron chi connectivity index (χ3n) is 3.92. The summed E-state index contributed by atoms with van der Waals surface area (Å²) < 4.78 is 38.4. The van der Waals surface area contributed by atoms with E-state index in [-0.39, 0.29) is 18.7 Å². The third kappa shape index (κ3) is 4.97. The van der Waals surface area contributed by atoms with Gasteiger partial charge in [0.15, 0.2) is 0 Å². The SMILES string of the molecule is CC(=O)Nc1cccc(C(=O)N[C@@H]2CCC[C@@H](C(F)(F)F)C2)c1. The first-order chi connectivity index (χ1) is 10.8. The third-order valence-corrected chi connectivity index (χ3v) is 3.92. The lowest BCUT2D eigenvalue weighted by atomic mass is 9.85. The van der Waals surface area contributed by atoms with Crippen molar-refractivity contribution < 1.29 is 22.8 Å². The highest BCUT2D eigenvalue weighted by atomic mass is 19.4. The second kappa shape index (κ2) is 7.02. The van der Waals surface area contributed by atoms with Crippen LogP contribution in [0.3, 0.4) is 0 Å². The Labute approximate surface area is 132 Å². The van der Waals surface area contributed by atoms with Gasteiger partial charge in [-0.1, -0.05) is 12.5 Å². The van der Waals surface area contributed by atoms with Crippen molar-refractivity contribution in [3.63, 3.8) is 0 Å². The summed E-state index contributed by atoms with van der Waals surface area (Å²) in [5, 5.41) is 5.23. The first kappa shape index (κ1) is 17.3. The average molecular weight is 328 g/mol. The smallest absolute Gasteiger partial charge is 0.349 e. The second-order valence-electron chi connectivity index (χ2n) is 5.84. The fraction of sp³-hybridized carbons (Fsp3) is 0.500. The summed E-state index contributed by atoms with van der Waals surface area (Å²) in [5.74, 6) is -2.04. The number of carbonyl (C=O) groups excluding carboxylic acids is 2. The predicted molar refractivity (Wildman–Crippen MR) is 80.0 cm³/mol. The van der Waals surface area contributed by atoms with E-state index >= 15 is 0 Å². The summed E-state index contributed by atoms with van der Waals surface area (Å²) in [7, 11) is 0. The van der Waals surface area contributed by atoms with E-state index in [1.165, 1.54) is 13.0 Å². The fourth-order valence-corrected chi connectivity index (χ4v) is 2.83. The molecule has 126 valence electrons. The van der Waals surface area contributed by atoms with Crippen molar-refractivity contribution in [3.05, 3.63) is 29.8 Å². The van der Waals surface area contributed by atoms with Gasteiger partial charge in [0.1, 0.15) is 0 Å². The maximum Gasteiger partial charge on any atom is 0.391 e. The number of nitrogens with one attached hydrogen (secondary N) is 2. The normalized spacial score (nSPS) is 21.6. The van der Waals surface area contributed by atoms with Crippen LogP contribution in [0.15, 0.2) is 24.3 Å². The summed E-state index contributed by atoms with van der Waals surface area (Å²) >= 11 is 0. The molecule has 0 heterocycles. The van der Waals surface area contributed by atoms with Crippen molar-refractivity contribution in [2.75, 3.05) is 5.32 Å². The maximum atomic E-state index is 12.8. The van der Waals surface area contributed by atoms with Crippen LogP contribution in [-0.2, 0) is 4.79 Å². The molecule has 1 aliphatic rings. The van der Waals surface area contributed by atoms with Crippen LogP contribution in [0.2, 0.25) is 0 Å². The zero-order valence-electron chi connectivity index (χ0n) is 12.7. The van der Waals surface area contributed by atoms with E-state index in [1.807, 2.05) is 0 Å². The highest BCUT2D eigenvalue weighted by molar-refractivity contribution is 5.96. The van der Waals surface area contributed by atoms with Gasteiger partial charge < -0.3 is 10.6 Å². The molecule has 0 saturated heterocycles. The molecule has 1 fully saturated rings. The van der Waals surface area contributed by atoms with Gasteiger partial charge in [0.2, 0.25) is 5.91 Å². The second-order valence-corrected chi connectivity index (χ2v) is 5.84. The molecule has 2 N–H and O–H groups in total. The van der Waals surface area contributed by atoms with Crippen LogP contribution in [0.1, 0.15) is 43.0 Å². The largest absolute Gasteiger partial charge is 0.391 e. The Morgan fingerprint density at radius 1 is 1.22 bits per heavy atom. The standard InChI is InChI=1S/C16H19F3N2O2/c1-10(22)20-13-6-2-4-11(8-13)15(23)21-14-7-3-5-12(9-14)16(17,18)19/h2,4,6,8,12,14H,3,5,7,9H2,1H3,(H,20,22)(H,21,23)/t12-,14-/m1/s1. The molecule has 1 aromatic carbocycles. The van der Waals surface area contributed by atoms with Gasteiger partial charge in [-0.2, -0.15) is 13.2 Å². The van der Waals surface area contributed by atoms with Crippen LogP contribution >= 0.6 is 0 Å². The van der Waals surface area contributed by atoms with Crippen LogP contribution in [0.25, 0.3) is 0 Å². The number of carbonyl (C=O) groups is 2. The van der Waals surface area contributed by atoms with Gasteiger partial charge in [0.25, 0.3) is 5.91 Å². The van der Waals surface area contributed by atoms with Gasteiger partial charge in [-0.25, -0.2) is 0 Å². The van der Waals surface area contributed by atoms with Crippen LogP contribution in [-0.4, -0.2) is 24.0 Å². The summed E-state index contributed by atoms with van der Waals surface area (Å²) in [6.07, 6.45) is -3.19. The summed E-state index contributed by atoms with van der Waals surface area (Å²) in [4.78, 5) is 23.2. The van der Waals surface area contributed by atoms with Gasteiger partial charge >= 0.3 is 6.18 Å². The number of hydrogen-bond acceptors (Lipinski definition) is 2. The molecule has 1 aromatic rings. The Bertz CT molecular complexity index is 587. The summed E-state index contributed by atoms with van der Waals surface area (Å²) in [6, 6.07) is 5.83. The van der Waals surface area contributed by atoms with E-state index in [0.29, 0.717) is 24.1 Å². The van der Waals surface area contributed by atoms with Crippen LogP contribution < -0.4 is 10.6 Å². The number of hydrogen-bond donors (Lipinski definition) is 2. The molecule has 0 unspecified atom stereocenters. The fourth-order valence-electron chi connectivity index (χ4n) is 2.83. The first-order valence-electron chi connectivity index (χ1n) is 7.51. The van der Waals surface area contributed by atoms with Crippen LogP contribution in [0, 0.1) is 5.92 Å². The van der Waals surface area contributed by atoms with Gasteiger partial charge in [-0.3, -0.25) is 9.59 Å². The topological polar surface area (TPSA) is 58.2 Å². The lowest BCUT2D eigenvalue weighted by Crippen LogP contribution is -2.41. The molecule has 1 aliphatic carbocycles. The minimum Gasteiger partial charge on any atom is -0.349 e. The molecular formula is C16H19F3N2O2. The van der Waals surface area contributed by atoms with Crippen molar-refractivity contribution in [1.29, 1.82) is 0 Å². The van der Waals surface area contributed by atoms with E-state index < -0.39 is 24.0 Å². The van der Waals surface area contributed by atoms with E-state index in [1.54, 1.807) is 18.2 Å². The number of halogens is 3. The van der Waals surface area contributed by atoms with Gasteiger partial charge in [0, 0.05) is 24.2 Å². The average Bonchev–Trinajstić information content (AvgIpc) is 2.46. The van der Waals surface area contributed by atoms with Crippen molar-refractivity contribution >= 4 is 17.5 Å². The van der Waals surface area contributed by atoms with E-state index in [4.69, 9.17) is 0 Å². The highest BCUT2D eigenvalue weighted by Crippen LogP contribution is 2.37. The molecule has 2 amide bonds. The number of benzene rings is 1. The first-order valence-corrected chi connectivity index (χ1v) is 7.51. The molecule has 0 bridgehead atoms. The minimum absolute atomic E-state index is 0.0827. The van der Waals surface area contributed by atoms with Crippen molar-refractivity contribution in [2.45, 2.75) is 44.8 Å². The molecule has 2 atom stereocenters. The Balaban J connectivity index is 2.00. The predicted octanol–water partition coefficient (Wildman–Crippen LogP) is 3.50. The molecule has 7 heteroatoms. The molecule has 0 aliphatic heterocycles. The number of rotatable bonds is 3. The molecule has 0 radical (unpaired) electrons. The summed E-state index contributed by atoms with van der Waals surface area (Å²) in [5.41, 5.74) is 0.785. The van der Waals surface area contributed by atoms with Crippen LogP contribution in [0.5, 0.6) is 0 Å². The number of alkyl halides is 3. The van der Waals surface area contributed by atoms with Crippen LogP contribution in [0.4, 0.5) is 18.9 Å². The lowest BCUT2D eigenvalue weighted by molar-refractivity contribution is -0.183. The Morgan fingerprint density at radius 3 is 2.61 bits per heavy atom. The zero-order chi connectivity index (χ0) is 17.0. The molecule has 1 saturated carbocycles. The quantitative estimate of drug-likeness (QED) is 0.892. The van der Waals surface area contributed by atoms with Gasteiger partial charge in [-0.05, 0) is 37.5 Å². The van der Waals surface area contributed by atoms with Crippen molar-refractivity contribution in [3.8, 4) is 0 Å². The van der Waals surface area contributed by atoms with E-state index in [9.17, 15) is 22.8 Å². The lowest BCUT2D eigenvalue weighted by Gasteiger charge is -2.31. The van der Waals surface area contributed by atoms with Gasteiger partial charge in [-0.15, -0.1) is 0 Å². The Kier molecular flexibility index (Phi) is 5.28. The molecule has 0 spiro atoms. The summed E-state index contributed by atoms with van der Waals surface area (Å²) in [6.45, 7) is 1.35. The van der Waals surface area contributed by atoms with Crippen molar-refractivity contribution in [2.24, 2.45) is 5.92 Å². The Morgan fingerprint density at radius 2 is 1.96 bits per heavy atom. The molecular weight excluding hydrogens is 309 g/mol. The maximum absolute atomic E-state index is 12.8. The zero-order valence-corrected chi connectivity index (χ0v) is 12.7. The Hall–Kier alpha value is -2.05. The van der Waals surface area contributed by atoms with E-state index in [2.05, 4.69) is 10.6 Å². The van der Waals surface area contributed by atoms with Crippen molar-refractivity contribution in [1.82, 2.24) is 5.32 Å². The number of amides is 2. The monoisotopic (exact) mass is 328 g/mol. The molecule has 23 heavy (non-hydrogen) atoms. The molecule has 0 aromatic heterocycles. The van der Waals surface area contributed by atoms with E-state index in [0.717, 1.165) is 0 Å².